The minimum Gasteiger partial charge on any atom is -0.310 e. The molecule has 64 heavy (non-hydrogen) atoms. The number of hydrogen-bond donors (Lipinski definition) is 0. The molecule has 3 heteroatoms. The highest BCUT2D eigenvalue weighted by Gasteiger charge is 2.38. The number of nitrogens with zero attached hydrogens (tertiary/aromatic N) is 2. The van der Waals surface area contributed by atoms with E-state index < -0.39 is 5.41 Å². The normalized spacial score (nSPS) is 11.8. The summed E-state index contributed by atoms with van der Waals surface area (Å²) in [5.74, 6) is 0. The molecule has 0 unspecified atom stereocenters. The number of thiophene rings is 1. The Hall–Kier alpha value is -7.98. The molecule has 2 heterocycles. The summed E-state index contributed by atoms with van der Waals surface area (Å²) in [6, 6.07) is 93.2. The molecule has 0 saturated carbocycles. The van der Waals surface area contributed by atoms with Gasteiger partial charge in [0.05, 0.1) is 16.4 Å². The molecular formula is C61H42N2S. The van der Waals surface area contributed by atoms with Crippen LogP contribution < -0.4 is 4.90 Å². The summed E-state index contributed by atoms with van der Waals surface area (Å²) in [6.07, 6.45) is 0. The van der Waals surface area contributed by atoms with E-state index in [2.05, 4.69) is 264 Å². The van der Waals surface area contributed by atoms with Gasteiger partial charge in [0.15, 0.2) is 0 Å². The minimum absolute atomic E-state index is 0.491. The number of anilines is 3. The van der Waals surface area contributed by atoms with Crippen LogP contribution in [0.15, 0.2) is 255 Å². The quantitative estimate of drug-likeness (QED) is 0.132. The van der Waals surface area contributed by atoms with Crippen molar-refractivity contribution in [2.45, 2.75) is 5.41 Å². The lowest BCUT2D eigenvalue weighted by atomic mass is 9.65. The largest absolute Gasteiger partial charge is 0.310 e. The number of rotatable bonds is 9. The molecule has 10 aromatic carbocycles. The van der Waals surface area contributed by atoms with Crippen LogP contribution in [0, 0.1) is 0 Å². The van der Waals surface area contributed by atoms with Crippen LogP contribution in [0.25, 0.3) is 58.8 Å². The summed E-state index contributed by atoms with van der Waals surface area (Å²) in [6.45, 7) is 0. The molecule has 0 fully saturated rings. The summed E-state index contributed by atoms with van der Waals surface area (Å²) < 4.78 is 5.00. The summed E-state index contributed by atoms with van der Waals surface area (Å²) in [7, 11) is 0. The van der Waals surface area contributed by atoms with Gasteiger partial charge >= 0.3 is 0 Å². The third kappa shape index (κ3) is 6.24. The van der Waals surface area contributed by atoms with Crippen LogP contribution in [0.5, 0.6) is 0 Å². The Morgan fingerprint density at radius 2 is 0.766 bits per heavy atom. The van der Waals surface area contributed by atoms with Gasteiger partial charge in [0.2, 0.25) is 0 Å². The van der Waals surface area contributed by atoms with Crippen molar-refractivity contribution < 1.29 is 0 Å². The van der Waals surface area contributed by atoms with Crippen molar-refractivity contribution in [2.24, 2.45) is 0 Å². The zero-order chi connectivity index (χ0) is 42.5. The highest BCUT2D eigenvalue weighted by Crippen LogP contribution is 2.47. The predicted octanol–water partition coefficient (Wildman–Crippen LogP) is 16.7. The van der Waals surface area contributed by atoms with Crippen molar-refractivity contribution in [3.8, 4) is 16.8 Å². The molecule has 0 bridgehead atoms. The second-order valence-electron chi connectivity index (χ2n) is 16.5. The molecule has 0 atom stereocenters. The Kier molecular flexibility index (Phi) is 9.28. The second kappa shape index (κ2) is 15.7. The van der Waals surface area contributed by atoms with Gasteiger partial charge in [-0.2, -0.15) is 0 Å². The number of aromatic nitrogens is 1. The van der Waals surface area contributed by atoms with Gasteiger partial charge in [-0.15, -0.1) is 11.3 Å². The fraction of sp³-hybridized carbons (Fsp3) is 0.0164. The lowest BCUT2D eigenvalue weighted by Gasteiger charge is -2.37. The minimum atomic E-state index is -0.491. The predicted molar refractivity (Wildman–Crippen MR) is 272 cm³/mol. The smallest absolute Gasteiger partial charge is 0.0701 e. The van der Waals surface area contributed by atoms with E-state index in [1.807, 2.05) is 11.3 Å². The molecule has 0 radical (unpaired) electrons. The molecular weight excluding hydrogens is 793 g/mol. The highest BCUT2D eigenvalue weighted by molar-refractivity contribution is 7.25. The number of hydrogen-bond acceptors (Lipinski definition) is 2. The van der Waals surface area contributed by atoms with Gasteiger partial charge in [0, 0.05) is 53.7 Å². The molecule has 302 valence electrons. The molecule has 12 rings (SSSR count). The van der Waals surface area contributed by atoms with E-state index in [1.165, 1.54) is 75.4 Å². The summed E-state index contributed by atoms with van der Waals surface area (Å²) in [4.78, 5) is 2.42. The summed E-state index contributed by atoms with van der Waals surface area (Å²) in [5.41, 5.74) is 13.6. The lowest BCUT2D eigenvalue weighted by molar-refractivity contribution is 0.745. The van der Waals surface area contributed by atoms with Crippen molar-refractivity contribution in [3.63, 3.8) is 0 Å². The Bertz CT molecular complexity index is 3480. The third-order valence-corrected chi connectivity index (χ3v) is 14.1. The van der Waals surface area contributed by atoms with E-state index in [1.54, 1.807) is 0 Å². The van der Waals surface area contributed by atoms with E-state index in [0.717, 1.165) is 22.7 Å². The Balaban J connectivity index is 0.988. The van der Waals surface area contributed by atoms with Crippen molar-refractivity contribution in [1.29, 1.82) is 0 Å². The van der Waals surface area contributed by atoms with Crippen molar-refractivity contribution in [3.05, 3.63) is 277 Å². The zero-order valence-electron chi connectivity index (χ0n) is 35.1. The van der Waals surface area contributed by atoms with E-state index in [4.69, 9.17) is 0 Å². The first-order valence-corrected chi connectivity index (χ1v) is 22.7. The first-order chi connectivity index (χ1) is 31.7. The average Bonchev–Trinajstić information content (AvgIpc) is 3.91. The summed E-state index contributed by atoms with van der Waals surface area (Å²) in [5, 5.41) is 5.04. The maximum Gasteiger partial charge on any atom is 0.0701 e. The van der Waals surface area contributed by atoms with Crippen LogP contribution >= 0.6 is 11.3 Å². The van der Waals surface area contributed by atoms with Crippen LogP contribution in [0.4, 0.5) is 17.1 Å². The van der Waals surface area contributed by atoms with E-state index in [9.17, 15) is 0 Å². The number of para-hydroxylation sites is 2. The molecule has 2 aromatic heterocycles. The van der Waals surface area contributed by atoms with Gasteiger partial charge in [0.1, 0.15) is 0 Å². The molecule has 0 spiro atoms. The van der Waals surface area contributed by atoms with Crippen molar-refractivity contribution in [1.82, 2.24) is 4.57 Å². The first kappa shape index (κ1) is 37.8. The van der Waals surface area contributed by atoms with Gasteiger partial charge in [0.25, 0.3) is 0 Å². The SMILES string of the molecule is c1ccc(-n2c3ccccc3c3ccc(N(c4ccc(-c5ccc(C(c6ccccc6)(c6ccccc6)c6ccccc6)cc5)cc4)c4ccc5sc6ccccc6c5c4)cc32)cc1. The third-order valence-electron chi connectivity index (χ3n) is 12.9. The van der Waals surface area contributed by atoms with Crippen LogP contribution in [-0.2, 0) is 5.41 Å². The van der Waals surface area contributed by atoms with E-state index in [-0.39, 0.29) is 0 Å². The maximum absolute atomic E-state index is 2.42. The van der Waals surface area contributed by atoms with Crippen molar-refractivity contribution in [2.75, 3.05) is 4.90 Å². The van der Waals surface area contributed by atoms with Gasteiger partial charge in [-0.05, 0) is 100 Å². The molecule has 0 N–H and O–H groups in total. The molecule has 0 saturated heterocycles. The van der Waals surface area contributed by atoms with Crippen LogP contribution in [-0.4, -0.2) is 4.57 Å². The van der Waals surface area contributed by atoms with Crippen LogP contribution in [0.3, 0.4) is 0 Å². The standard InChI is InChI=1S/C61H42N2S/c1-5-17-45(18-6-1)61(46-19-7-2-8-20-46,47-21-9-3-10-22-47)48-33-29-43(30-34-48)44-31-35-50(36-32-44)62(51-38-40-60-56(41-51)55-26-14-16-28-59(55)64-60)52-37-39-54-53-25-13-15-27-57(53)63(58(54)42-52)49-23-11-4-12-24-49/h1-42H. The molecule has 12 aromatic rings. The molecule has 0 aliphatic rings. The maximum atomic E-state index is 2.42. The molecule has 2 nitrogen and oxygen atoms in total. The highest BCUT2D eigenvalue weighted by atomic mass is 32.1. The zero-order valence-corrected chi connectivity index (χ0v) is 35.9. The topological polar surface area (TPSA) is 8.17 Å². The fourth-order valence-corrected chi connectivity index (χ4v) is 11.1. The van der Waals surface area contributed by atoms with E-state index in [0.29, 0.717) is 0 Å². The average molecular weight is 835 g/mol. The lowest BCUT2D eigenvalue weighted by Crippen LogP contribution is -2.30. The van der Waals surface area contributed by atoms with Crippen LogP contribution in [0.1, 0.15) is 22.3 Å². The molecule has 0 amide bonds. The Labute approximate surface area is 377 Å². The number of fused-ring (bicyclic) bond motifs is 6. The van der Waals surface area contributed by atoms with Crippen LogP contribution in [0.2, 0.25) is 0 Å². The number of benzene rings is 10. The fourth-order valence-electron chi connectivity index (χ4n) is 10.0. The second-order valence-corrected chi connectivity index (χ2v) is 17.6. The van der Waals surface area contributed by atoms with E-state index >= 15 is 0 Å². The van der Waals surface area contributed by atoms with Gasteiger partial charge in [-0.3, -0.25) is 0 Å². The van der Waals surface area contributed by atoms with Gasteiger partial charge in [-0.25, -0.2) is 0 Å². The monoisotopic (exact) mass is 834 g/mol. The molecule has 0 aliphatic carbocycles. The molecule has 0 aliphatic heterocycles. The summed E-state index contributed by atoms with van der Waals surface area (Å²) >= 11 is 1.85. The van der Waals surface area contributed by atoms with Crippen molar-refractivity contribution >= 4 is 70.4 Å². The first-order valence-electron chi connectivity index (χ1n) is 21.9. The Morgan fingerprint density at radius 1 is 0.312 bits per heavy atom. The van der Waals surface area contributed by atoms with Gasteiger partial charge < -0.3 is 9.47 Å². The van der Waals surface area contributed by atoms with Gasteiger partial charge in [-0.1, -0.05) is 188 Å². The Morgan fingerprint density at radius 3 is 1.41 bits per heavy atom.